The van der Waals surface area contributed by atoms with Crippen LogP contribution in [-0.2, 0) is 4.74 Å². The Balaban J connectivity index is 2.49. The molecule has 92 valence electrons. The van der Waals surface area contributed by atoms with Gasteiger partial charge in [-0.1, -0.05) is 43.1 Å². The molecule has 0 heterocycles. The lowest BCUT2D eigenvalue weighted by Crippen LogP contribution is -2.12. The highest BCUT2D eigenvalue weighted by atomic mass is 16.6. The number of hydrogen-bond donors (Lipinski definition) is 1. The number of hydrogen-bond acceptors (Lipinski definition) is 4. The third kappa shape index (κ3) is 4.68. The van der Waals surface area contributed by atoms with E-state index in [-0.39, 0.29) is 5.90 Å². The second kappa shape index (κ2) is 7.44. The number of oxime groups is 1. The van der Waals surface area contributed by atoms with Crippen molar-refractivity contribution in [3.8, 4) is 0 Å². The summed E-state index contributed by atoms with van der Waals surface area (Å²) in [4.78, 5) is 11.6. The van der Waals surface area contributed by atoms with Crippen molar-refractivity contribution in [2.24, 2.45) is 5.16 Å². The summed E-state index contributed by atoms with van der Waals surface area (Å²) in [5.74, 6) is -0.415. The van der Waals surface area contributed by atoms with E-state index in [0.717, 1.165) is 19.3 Å². The van der Waals surface area contributed by atoms with E-state index < -0.39 is 5.97 Å². The largest absolute Gasteiger partial charge is 0.408 e. The van der Waals surface area contributed by atoms with Crippen molar-refractivity contribution in [3.63, 3.8) is 0 Å². The molecular weight excluding hydrogens is 218 g/mol. The smallest absolute Gasteiger partial charge is 0.344 e. The Morgan fingerprint density at radius 3 is 2.59 bits per heavy atom. The van der Waals surface area contributed by atoms with Gasteiger partial charge in [-0.3, -0.25) is 0 Å². The Bertz CT molecular complexity index is 374. The molecule has 0 fully saturated rings. The van der Waals surface area contributed by atoms with Crippen LogP contribution in [0.1, 0.15) is 43.0 Å². The minimum atomic E-state index is -0.491. The number of esters is 1. The molecule has 0 aliphatic rings. The van der Waals surface area contributed by atoms with Gasteiger partial charge in [0.05, 0.1) is 5.56 Å². The summed E-state index contributed by atoms with van der Waals surface area (Å²) in [5.41, 5.74) is 0.448. The average Bonchev–Trinajstić information content (AvgIpc) is 2.38. The van der Waals surface area contributed by atoms with Crippen LogP contribution in [0.3, 0.4) is 0 Å². The molecule has 17 heavy (non-hydrogen) atoms. The third-order valence-corrected chi connectivity index (χ3v) is 2.33. The molecular formula is C13H17NO3. The van der Waals surface area contributed by atoms with Gasteiger partial charge in [0.25, 0.3) is 0 Å². The topological polar surface area (TPSA) is 58.9 Å². The standard InChI is InChI=1S/C13H17NO3/c1-2-3-5-10-12(14-16)17-13(15)11-8-6-4-7-9-11/h4,6-9,16H,2-3,5,10H2,1H3. The lowest BCUT2D eigenvalue weighted by molar-refractivity contribution is 0.0701. The lowest BCUT2D eigenvalue weighted by atomic mass is 10.2. The first-order valence-corrected chi connectivity index (χ1v) is 5.76. The molecule has 1 aromatic rings. The molecule has 0 aromatic heterocycles. The zero-order valence-electron chi connectivity index (χ0n) is 9.93. The molecule has 1 N–H and O–H groups in total. The number of carbonyl (C=O) groups is 1. The van der Waals surface area contributed by atoms with Crippen LogP contribution < -0.4 is 0 Å². The molecule has 0 saturated carbocycles. The summed E-state index contributed by atoms with van der Waals surface area (Å²) in [7, 11) is 0. The number of unbranched alkanes of at least 4 members (excludes halogenated alkanes) is 2. The van der Waals surface area contributed by atoms with E-state index in [9.17, 15) is 4.79 Å². The monoisotopic (exact) mass is 235 g/mol. The minimum Gasteiger partial charge on any atom is -0.408 e. The van der Waals surface area contributed by atoms with E-state index in [0.29, 0.717) is 12.0 Å². The van der Waals surface area contributed by atoms with Gasteiger partial charge in [-0.25, -0.2) is 4.79 Å². The Hall–Kier alpha value is -1.84. The number of nitrogens with zero attached hydrogens (tertiary/aromatic N) is 1. The fourth-order valence-corrected chi connectivity index (χ4v) is 1.39. The molecule has 0 bridgehead atoms. The van der Waals surface area contributed by atoms with Crippen molar-refractivity contribution in [1.82, 2.24) is 0 Å². The van der Waals surface area contributed by atoms with E-state index in [1.807, 2.05) is 6.07 Å². The second-order valence-corrected chi connectivity index (χ2v) is 3.71. The predicted octanol–water partition coefficient (Wildman–Crippen LogP) is 3.21. The van der Waals surface area contributed by atoms with Crippen LogP contribution in [-0.4, -0.2) is 17.1 Å². The van der Waals surface area contributed by atoms with Crippen LogP contribution in [0.4, 0.5) is 0 Å². The number of carbonyl (C=O) groups excluding carboxylic acids is 1. The molecule has 0 atom stereocenters. The van der Waals surface area contributed by atoms with E-state index in [2.05, 4.69) is 12.1 Å². The van der Waals surface area contributed by atoms with E-state index >= 15 is 0 Å². The average molecular weight is 235 g/mol. The van der Waals surface area contributed by atoms with Crippen molar-refractivity contribution in [2.45, 2.75) is 32.6 Å². The zero-order valence-corrected chi connectivity index (χ0v) is 9.93. The van der Waals surface area contributed by atoms with Crippen molar-refractivity contribution in [2.75, 3.05) is 0 Å². The Labute approximate surface area is 101 Å². The van der Waals surface area contributed by atoms with Gasteiger partial charge in [0.15, 0.2) is 0 Å². The van der Waals surface area contributed by atoms with Crippen LogP contribution in [0.5, 0.6) is 0 Å². The van der Waals surface area contributed by atoms with Gasteiger partial charge in [-0.15, -0.1) is 0 Å². The Morgan fingerprint density at radius 2 is 2.00 bits per heavy atom. The summed E-state index contributed by atoms with van der Waals surface area (Å²) < 4.78 is 4.99. The first-order chi connectivity index (χ1) is 8.27. The predicted molar refractivity (Wildman–Crippen MR) is 65.2 cm³/mol. The van der Waals surface area contributed by atoms with E-state index in [4.69, 9.17) is 9.94 Å². The van der Waals surface area contributed by atoms with Crippen molar-refractivity contribution in [1.29, 1.82) is 0 Å². The number of ether oxygens (including phenoxy) is 1. The quantitative estimate of drug-likeness (QED) is 0.213. The molecule has 4 nitrogen and oxygen atoms in total. The van der Waals surface area contributed by atoms with Gasteiger partial charge < -0.3 is 9.94 Å². The van der Waals surface area contributed by atoms with Gasteiger partial charge in [0.1, 0.15) is 0 Å². The zero-order chi connectivity index (χ0) is 12.5. The maximum atomic E-state index is 11.6. The van der Waals surface area contributed by atoms with E-state index in [1.165, 1.54) is 0 Å². The van der Waals surface area contributed by atoms with Gasteiger partial charge in [-0.05, 0) is 18.6 Å². The van der Waals surface area contributed by atoms with Crippen molar-refractivity contribution < 1.29 is 14.7 Å². The maximum absolute atomic E-state index is 11.6. The Morgan fingerprint density at radius 1 is 1.29 bits per heavy atom. The summed E-state index contributed by atoms with van der Waals surface area (Å²) in [5, 5.41) is 11.7. The first kappa shape index (κ1) is 13.2. The van der Waals surface area contributed by atoms with Crippen LogP contribution in [0.15, 0.2) is 35.5 Å². The fourth-order valence-electron chi connectivity index (χ4n) is 1.39. The molecule has 0 saturated heterocycles. The molecule has 1 aromatic carbocycles. The first-order valence-electron chi connectivity index (χ1n) is 5.76. The van der Waals surface area contributed by atoms with E-state index in [1.54, 1.807) is 24.3 Å². The molecule has 0 radical (unpaired) electrons. The maximum Gasteiger partial charge on any atom is 0.344 e. The third-order valence-electron chi connectivity index (χ3n) is 2.33. The highest BCUT2D eigenvalue weighted by Crippen LogP contribution is 2.06. The van der Waals surface area contributed by atoms with Crippen LogP contribution in [0, 0.1) is 0 Å². The summed E-state index contributed by atoms with van der Waals surface area (Å²) >= 11 is 0. The number of benzene rings is 1. The molecule has 4 heteroatoms. The summed E-state index contributed by atoms with van der Waals surface area (Å²) in [6.45, 7) is 2.08. The Kier molecular flexibility index (Phi) is 5.79. The molecule has 0 spiro atoms. The SMILES string of the molecule is CCCCCC(=NO)OC(=O)c1ccccc1. The lowest BCUT2D eigenvalue weighted by Gasteiger charge is -2.05. The van der Waals surface area contributed by atoms with Crippen LogP contribution in [0.2, 0.25) is 0 Å². The number of rotatable bonds is 5. The van der Waals surface area contributed by atoms with Crippen LogP contribution >= 0.6 is 0 Å². The van der Waals surface area contributed by atoms with Gasteiger partial charge in [0.2, 0.25) is 5.90 Å². The van der Waals surface area contributed by atoms with Crippen molar-refractivity contribution in [3.05, 3.63) is 35.9 Å². The molecule has 0 amide bonds. The highest BCUT2D eigenvalue weighted by molar-refractivity contribution is 5.98. The molecule has 0 aliphatic heterocycles. The highest BCUT2D eigenvalue weighted by Gasteiger charge is 2.11. The van der Waals surface area contributed by atoms with Gasteiger partial charge >= 0.3 is 5.97 Å². The minimum absolute atomic E-state index is 0.0762. The molecule has 0 aliphatic carbocycles. The van der Waals surface area contributed by atoms with Crippen molar-refractivity contribution >= 4 is 11.9 Å². The summed E-state index contributed by atoms with van der Waals surface area (Å²) in [6.07, 6.45) is 3.40. The molecule has 0 unspecified atom stereocenters. The normalized spacial score (nSPS) is 11.2. The van der Waals surface area contributed by atoms with Crippen LogP contribution in [0.25, 0.3) is 0 Å². The van der Waals surface area contributed by atoms with Gasteiger partial charge in [-0.2, -0.15) is 0 Å². The fraction of sp³-hybridized carbons (Fsp3) is 0.385. The molecule has 1 rings (SSSR count). The summed E-state index contributed by atoms with van der Waals surface area (Å²) in [6, 6.07) is 8.64. The second-order valence-electron chi connectivity index (χ2n) is 3.71. The van der Waals surface area contributed by atoms with Gasteiger partial charge in [0, 0.05) is 6.42 Å².